The number of benzene rings is 1. The van der Waals surface area contributed by atoms with E-state index in [1.165, 1.54) is 25.1 Å². The van der Waals surface area contributed by atoms with Crippen LogP contribution in [0.2, 0.25) is 5.02 Å². The second kappa shape index (κ2) is 9.67. The Morgan fingerprint density at radius 3 is 2.47 bits per heavy atom. The molecule has 0 aliphatic heterocycles. The first-order valence-corrected chi connectivity index (χ1v) is 11.1. The van der Waals surface area contributed by atoms with Gasteiger partial charge in [0, 0.05) is 17.3 Å². The summed E-state index contributed by atoms with van der Waals surface area (Å²) < 4.78 is 89.5. The molecule has 36 heavy (non-hydrogen) atoms. The third kappa shape index (κ3) is 5.60. The quantitative estimate of drug-likeness (QED) is 0.281. The molecule has 3 heterocycles. The van der Waals surface area contributed by atoms with E-state index in [1.807, 2.05) is 0 Å². The number of aromatic nitrogens is 4. The topological polar surface area (TPSA) is 93.9 Å². The van der Waals surface area contributed by atoms with Crippen LogP contribution in [-0.2, 0) is 17.5 Å². The van der Waals surface area contributed by atoms with Gasteiger partial charge in [-0.2, -0.15) is 26.3 Å². The molecule has 0 fully saturated rings. The Balaban J connectivity index is 1.56. The molecule has 4 rings (SSSR count). The van der Waals surface area contributed by atoms with E-state index < -0.39 is 36.5 Å². The summed E-state index contributed by atoms with van der Waals surface area (Å²) in [5.41, 5.74) is -0.377. The number of hydrogen-bond acceptors (Lipinski definition) is 7. The third-order valence-corrected chi connectivity index (χ3v) is 6.38. The van der Waals surface area contributed by atoms with Crippen molar-refractivity contribution in [3.05, 3.63) is 73.9 Å². The highest BCUT2D eigenvalue weighted by Gasteiger charge is 2.44. The Morgan fingerprint density at radius 1 is 1.17 bits per heavy atom. The summed E-state index contributed by atoms with van der Waals surface area (Å²) in [4.78, 5) is 20.6. The van der Waals surface area contributed by atoms with E-state index in [1.54, 1.807) is 0 Å². The van der Waals surface area contributed by atoms with Crippen molar-refractivity contribution in [2.45, 2.75) is 32.0 Å². The van der Waals surface area contributed by atoms with Crippen LogP contribution in [0.4, 0.5) is 26.3 Å². The number of rotatable bonds is 6. The fourth-order valence-corrected chi connectivity index (χ4v) is 4.57. The lowest BCUT2D eigenvalue weighted by Gasteiger charge is -2.20. The highest BCUT2D eigenvalue weighted by Crippen LogP contribution is 2.43. The van der Waals surface area contributed by atoms with Crippen molar-refractivity contribution in [1.82, 2.24) is 20.1 Å². The number of nitrogens with one attached hydrogen (secondary N) is 1. The van der Waals surface area contributed by atoms with Crippen LogP contribution in [0.3, 0.4) is 0 Å². The van der Waals surface area contributed by atoms with Gasteiger partial charge in [0.15, 0.2) is 11.9 Å². The smallest absolute Gasteiger partial charge is 0.358 e. The van der Waals surface area contributed by atoms with Crippen LogP contribution in [0.25, 0.3) is 22.0 Å². The minimum Gasteiger partial charge on any atom is -0.358 e. The molecule has 1 N–H and O–H groups in total. The fourth-order valence-electron chi connectivity index (χ4n) is 3.15. The molecule has 1 unspecified atom stereocenters. The molecule has 0 spiro atoms. The number of hydrogen-bond donors (Lipinski definition) is 1. The molecular weight excluding hydrogens is 538 g/mol. The lowest BCUT2D eigenvalue weighted by Crippen LogP contribution is -2.23. The Bertz CT molecular complexity index is 1430. The van der Waals surface area contributed by atoms with Crippen molar-refractivity contribution in [3.8, 4) is 22.0 Å². The summed E-state index contributed by atoms with van der Waals surface area (Å²) in [6, 6.07) is 6.06. The Morgan fingerprint density at radius 2 is 1.92 bits per heavy atom. The zero-order valence-corrected chi connectivity index (χ0v) is 19.4. The molecule has 0 aliphatic rings. The minimum absolute atomic E-state index is 0.0144. The number of alkyl halides is 6. The number of pyridine rings is 1. The molecule has 0 aliphatic carbocycles. The predicted molar refractivity (Wildman–Crippen MR) is 116 cm³/mol. The van der Waals surface area contributed by atoms with Crippen molar-refractivity contribution < 1.29 is 35.6 Å². The molecular formula is C21H13ClF6N4O3S. The van der Waals surface area contributed by atoms with Gasteiger partial charge in [-0.3, -0.25) is 14.5 Å². The minimum atomic E-state index is -4.81. The normalized spacial score (nSPS) is 13.2. The molecule has 0 amide bonds. The lowest BCUT2D eigenvalue weighted by atomic mass is 10.1. The number of ether oxygens (including phenoxy) is 1. The third-order valence-electron chi connectivity index (χ3n) is 4.81. The Labute approximate surface area is 206 Å². The van der Waals surface area contributed by atoms with Gasteiger partial charge in [-0.25, -0.2) is 9.78 Å². The molecule has 15 heteroatoms. The van der Waals surface area contributed by atoms with Crippen molar-refractivity contribution in [2.75, 3.05) is 0 Å². The summed E-state index contributed by atoms with van der Waals surface area (Å²) in [6.45, 7) is 0.868. The molecule has 3 aromatic heterocycles. The molecule has 1 aromatic carbocycles. The van der Waals surface area contributed by atoms with E-state index in [-0.39, 0.29) is 32.0 Å². The fraction of sp³-hybridized carbons (Fsp3) is 0.238. The van der Waals surface area contributed by atoms with Gasteiger partial charge < -0.3 is 4.74 Å². The van der Waals surface area contributed by atoms with Crippen molar-refractivity contribution in [3.63, 3.8) is 0 Å². The van der Waals surface area contributed by atoms with Crippen LogP contribution in [0.5, 0.6) is 0 Å². The Kier molecular flexibility index (Phi) is 6.94. The summed E-state index contributed by atoms with van der Waals surface area (Å²) >= 11 is 6.81. The molecule has 7 nitrogen and oxygen atoms in total. The Hall–Kier alpha value is -3.23. The molecule has 1 atom stereocenters. The van der Waals surface area contributed by atoms with Gasteiger partial charge in [-0.15, -0.1) is 11.3 Å². The first-order valence-electron chi connectivity index (χ1n) is 9.87. The molecule has 0 radical (unpaired) electrons. The number of thiazole rings is 1. The lowest BCUT2D eigenvalue weighted by molar-refractivity contribution is -0.226. The maximum atomic E-state index is 13.9. The standard InChI is InChI=1S/C21H13ClF6N4O3S/c1-9-15(36-18(30-9)11-3-5-14(29-7-11)20(23,24)25)16(21(26,27)28)34-8-10-2-4-12(13(22)6-10)17-31-19(33)35-32-17/h2-7,16H,8H2,1H3,(H,31,32,33). The summed E-state index contributed by atoms with van der Waals surface area (Å²) in [5, 5.41) is 3.66. The summed E-state index contributed by atoms with van der Waals surface area (Å²) in [5.74, 6) is -0.746. The van der Waals surface area contributed by atoms with E-state index in [4.69, 9.17) is 16.3 Å². The van der Waals surface area contributed by atoms with Crippen LogP contribution in [0.1, 0.15) is 27.9 Å². The van der Waals surface area contributed by atoms with E-state index in [0.717, 1.165) is 18.3 Å². The number of aryl methyl sites for hydroxylation is 1. The zero-order chi connectivity index (χ0) is 26.3. The first kappa shape index (κ1) is 25.9. The van der Waals surface area contributed by atoms with Crippen molar-refractivity contribution in [2.24, 2.45) is 0 Å². The second-order valence-electron chi connectivity index (χ2n) is 7.39. The van der Waals surface area contributed by atoms with Crippen LogP contribution < -0.4 is 5.76 Å². The van der Waals surface area contributed by atoms with Gasteiger partial charge in [-0.05, 0) is 36.8 Å². The number of H-pyrrole nitrogens is 1. The van der Waals surface area contributed by atoms with E-state index in [0.29, 0.717) is 22.5 Å². The van der Waals surface area contributed by atoms with Gasteiger partial charge >= 0.3 is 18.1 Å². The van der Waals surface area contributed by atoms with E-state index in [2.05, 4.69) is 24.6 Å². The predicted octanol–water partition coefficient (Wildman–Crippen LogP) is 6.35. The van der Waals surface area contributed by atoms with Crippen LogP contribution >= 0.6 is 22.9 Å². The van der Waals surface area contributed by atoms with Gasteiger partial charge in [-0.1, -0.05) is 22.8 Å². The molecule has 4 aromatic rings. The van der Waals surface area contributed by atoms with E-state index >= 15 is 0 Å². The van der Waals surface area contributed by atoms with Gasteiger partial charge in [0.2, 0.25) is 0 Å². The average Bonchev–Trinajstić information content (AvgIpc) is 3.38. The van der Waals surface area contributed by atoms with Crippen LogP contribution in [-0.4, -0.2) is 26.3 Å². The largest absolute Gasteiger partial charge is 0.439 e. The molecule has 190 valence electrons. The molecule has 0 saturated heterocycles. The van der Waals surface area contributed by atoms with Gasteiger partial charge in [0.1, 0.15) is 10.7 Å². The SMILES string of the molecule is Cc1nc(-c2ccc(C(F)(F)F)nc2)sc1C(OCc1ccc(-c2noc(=O)[nH]2)c(Cl)c1)C(F)(F)F. The van der Waals surface area contributed by atoms with Crippen molar-refractivity contribution >= 4 is 22.9 Å². The summed E-state index contributed by atoms with van der Waals surface area (Å²) in [6.07, 6.45) is -10.9. The van der Waals surface area contributed by atoms with E-state index in [9.17, 15) is 31.1 Å². The maximum Gasteiger partial charge on any atom is 0.439 e. The maximum absolute atomic E-state index is 13.9. The van der Waals surface area contributed by atoms with Gasteiger partial charge in [0.05, 0.1) is 22.2 Å². The average molecular weight is 551 g/mol. The molecule has 0 saturated carbocycles. The van der Waals surface area contributed by atoms with Crippen LogP contribution in [0.15, 0.2) is 45.8 Å². The number of nitrogens with zero attached hydrogens (tertiary/aromatic N) is 3. The summed E-state index contributed by atoms with van der Waals surface area (Å²) in [7, 11) is 0. The number of halogens is 7. The first-order chi connectivity index (χ1) is 16.8. The monoisotopic (exact) mass is 550 g/mol. The number of aromatic amines is 1. The van der Waals surface area contributed by atoms with Crippen LogP contribution in [0, 0.1) is 6.92 Å². The molecule has 0 bridgehead atoms. The zero-order valence-electron chi connectivity index (χ0n) is 17.9. The second-order valence-corrected chi connectivity index (χ2v) is 8.83. The highest BCUT2D eigenvalue weighted by atomic mass is 35.5. The van der Waals surface area contributed by atoms with Crippen molar-refractivity contribution in [1.29, 1.82) is 0 Å². The highest BCUT2D eigenvalue weighted by molar-refractivity contribution is 7.15. The van der Waals surface area contributed by atoms with Gasteiger partial charge in [0.25, 0.3) is 0 Å².